The van der Waals surface area contributed by atoms with Gasteiger partial charge in [-0.3, -0.25) is 4.79 Å². The third-order valence-corrected chi connectivity index (χ3v) is 3.69. The highest BCUT2D eigenvalue weighted by atomic mass is 16.5. The van der Waals surface area contributed by atoms with E-state index in [-0.39, 0.29) is 12.5 Å². The summed E-state index contributed by atoms with van der Waals surface area (Å²) < 4.78 is 10.9. The van der Waals surface area contributed by atoms with E-state index in [1.54, 1.807) is 7.11 Å². The Balaban J connectivity index is 1.90. The van der Waals surface area contributed by atoms with E-state index in [1.807, 2.05) is 25.2 Å². The Bertz CT molecular complexity index is 471. The van der Waals surface area contributed by atoms with Crippen molar-refractivity contribution in [1.29, 1.82) is 0 Å². The van der Waals surface area contributed by atoms with Crippen molar-refractivity contribution in [2.75, 3.05) is 20.8 Å². The van der Waals surface area contributed by atoms with Crippen LogP contribution in [0.4, 0.5) is 0 Å². The van der Waals surface area contributed by atoms with Crippen molar-refractivity contribution in [3.8, 4) is 11.5 Å². The molecule has 1 fully saturated rings. The zero-order valence-corrected chi connectivity index (χ0v) is 12.8. The highest BCUT2D eigenvalue weighted by Crippen LogP contribution is 2.28. The number of amides is 1. The second-order valence-electron chi connectivity index (χ2n) is 5.35. The molecule has 0 saturated heterocycles. The van der Waals surface area contributed by atoms with E-state index in [2.05, 4.69) is 10.6 Å². The Morgan fingerprint density at radius 3 is 2.71 bits per heavy atom. The third kappa shape index (κ3) is 4.63. The lowest BCUT2D eigenvalue weighted by Gasteiger charge is -2.14. The smallest absolute Gasteiger partial charge is 0.258 e. The van der Waals surface area contributed by atoms with Gasteiger partial charge in [0, 0.05) is 12.6 Å². The van der Waals surface area contributed by atoms with Crippen LogP contribution in [0.3, 0.4) is 0 Å². The van der Waals surface area contributed by atoms with Crippen LogP contribution in [-0.2, 0) is 11.3 Å². The molecule has 0 heterocycles. The number of methoxy groups -OCH3 is 1. The molecule has 2 N–H and O–H groups in total. The Morgan fingerprint density at radius 2 is 2.05 bits per heavy atom. The number of nitrogens with one attached hydrogen (secondary N) is 2. The quantitative estimate of drug-likeness (QED) is 0.805. The number of carbonyl (C=O) groups is 1. The lowest BCUT2D eigenvalue weighted by molar-refractivity contribution is -0.123. The van der Waals surface area contributed by atoms with Gasteiger partial charge in [-0.15, -0.1) is 0 Å². The fourth-order valence-corrected chi connectivity index (χ4v) is 2.63. The van der Waals surface area contributed by atoms with Gasteiger partial charge in [0.25, 0.3) is 5.91 Å². The maximum atomic E-state index is 11.9. The number of benzene rings is 1. The van der Waals surface area contributed by atoms with Crippen molar-refractivity contribution in [2.45, 2.75) is 38.3 Å². The molecular formula is C16H24N2O3. The van der Waals surface area contributed by atoms with Gasteiger partial charge in [0.05, 0.1) is 7.11 Å². The zero-order chi connectivity index (χ0) is 15.1. The van der Waals surface area contributed by atoms with E-state index in [0.717, 1.165) is 24.9 Å². The Hall–Kier alpha value is -1.75. The Morgan fingerprint density at radius 1 is 1.29 bits per heavy atom. The van der Waals surface area contributed by atoms with Crippen LogP contribution in [0, 0.1) is 0 Å². The van der Waals surface area contributed by atoms with Crippen LogP contribution < -0.4 is 20.1 Å². The van der Waals surface area contributed by atoms with Crippen LogP contribution in [0.25, 0.3) is 0 Å². The number of carbonyl (C=O) groups excluding carboxylic acids is 1. The topological polar surface area (TPSA) is 59.6 Å². The predicted molar refractivity (Wildman–Crippen MR) is 81.7 cm³/mol. The molecule has 0 bridgehead atoms. The van der Waals surface area contributed by atoms with Crippen molar-refractivity contribution in [1.82, 2.24) is 10.6 Å². The molecule has 1 saturated carbocycles. The van der Waals surface area contributed by atoms with Gasteiger partial charge in [-0.2, -0.15) is 0 Å². The van der Waals surface area contributed by atoms with E-state index in [1.165, 1.54) is 12.8 Å². The highest BCUT2D eigenvalue weighted by molar-refractivity contribution is 5.78. The zero-order valence-electron chi connectivity index (χ0n) is 12.8. The van der Waals surface area contributed by atoms with Gasteiger partial charge in [0.2, 0.25) is 0 Å². The van der Waals surface area contributed by atoms with Crippen molar-refractivity contribution < 1.29 is 14.3 Å². The summed E-state index contributed by atoms with van der Waals surface area (Å²) in [5.74, 6) is 1.18. The SMILES string of the molecule is CNCc1ccc(OC)c(OCC(=O)NC2CCCC2)c1. The van der Waals surface area contributed by atoms with Crippen LogP contribution in [0.1, 0.15) is 31.2 Å². The highest BCUT2D eigenvalue weighted by Gasteiger charge is 2.17. The van der Waals surface area contributed by atoms with E-state index in [4.69, 9.17) is 9.47 Å². The summed E-state index contributed by atoms with van der Waals surface area (Å²) in [5, 5.41) is 6.10. The first kappa shape index (κ1) is 15.6. The first-order valence-electron chi connectivity index (χ1n) is 7.46. The number of hydrogen-bond acceptors (Lipinski definition) is 4. The third-order valence-electron chi connectivity index (χ3n) is 3.69. The number of hydrogen-bond donors (Lipinski definition) is 2. The number of ether oxygens (including phenoxy) is 2. The molecule has 0 radical (unpaired) electrons. The molecule has 116 valence electrons. The molecule has 21 heavy (non-hydrogen) atoms. The lowest BCUT2D eigenvalue weighted by Crippen LogP contribution is -2.36. The first-order chi connectivity index (χ1) is 10.2. The Kier molecular flexibility index (Phi) is 5.87. The summed E-state index contributed by atoms with van der Waals surface area (Å²) >= 11 is 0. The van der Waals surface area contributed by atoms with E-state index in [9.17, 15) is 4.79 Å². The van der Waals surface area contributed by atoms with Gasteiger partial charge in [-0.25, -0.2) is 0 Å². The van der Waals surface area contributed by atoms with Crippen LogP contribution in [0.15, 0.2) is 18.2 Å². The lowest BCUT2D eigenvalue weighted by atomic mass is 10.2. The second-order valence-corrected chi connectivity index (χ2v) is 5.35. The van der Waals surface area contributed by atoms with Gasteiger partial charge >= 0.3 is 0 Å². The maximum Gasteiger partial charge on any atom is 0.258 e. The molecule has 1 amide bonds. The van der Waals surface area contributed by atoms with Crippen molar-refractivity contribution in [3.05, 3.63) is 23.8 Å². The molecule has 0 unspecified atom stereocenters. The molecule has 1 aliphatic carbocycles. The van der Waals surface area contributed by atoms with Crippen LogP contribution >= 0.6 is 0 Å². The molecule has 0 aromatic heterocycles. The van der Waals surface area contributed by atoms with Crippen molar-refractivity contribution in [3.63, 3.8) is 0 Å². The minimum atomic E-state index is -0.0667. The average Bonchev–Trinajstić information content (AvgIpc) is 2.98. The summed E-state index contributed by atoms with van der Waals surface area (Å²) in [6, 6.07) is 6.05. The fraction of sp³-hybridized carbons (Fsp3) is 0.562. The van der Waals surface area contributed by atoms with Crippen LogP contribution in [0.2, 0.25) is 0 Å². The van der Waals surface area contributed by atoms with Gasteiger partial charge in [0.1, 0.15) is 0 Å². The normalized spacial score (nSPS) is 15.0. The molecule has 2 rings (SSSR count). The summed E-state index contributed by atoms with van der Waals surface area (Å²) in [4.78, 5) is 11.9. The summed E-state index contributed by atoms with van der Waals surface area (Å²) in [5.41, 5.74) is 1.09. The monoisotopic (exact) mass is 292 g/mol. The molecule has 0 atom stereocenters. The van der Waals surface area contributed by atoms with Crippen molar-refractivity contribution in [2.24, 2.45) is 0 Å². The van der Waals surface area contributed by atoms with E-state index >= 15 is 0 Å². The first-order valence-corrected chi connectivity index (χ1v) is 7.46. The summed E-state index contributed by atoms with van der Waals surface area (Å²) in [7, 11) is 3.48. The predicted octanol–water partition coefficient (Wildman–Crippen LogP) is 1.85. The van der Waals surface area contributed by atoms with Gasteiger partial charge < -0.3 is 20.1 Å². The standard InChI is InChI=1S/C16H24N2O3/c1-17-10-12-7-8-14(20-2)15(9-12)21-11-16(19)18-13-5-3-4-6-13/h7-9,13,17H,3-6,10-11H2,1-2H3,(H,18,19). The molecule has 5 nitrogen and oxygen atoms in total. The average molecular weight is 292 g/mol. The molecule has 0 spiro atoms. The second kappa shape index (κ2) is 7.88. The molecular weight excluding hydrogens is 268 g/mol. The van der Waals surface area contributed by atoms with Gasteiger partial charge in [-0.1, -0.05) is 18.9 Å². The van der Waals surface area contributed by atoms with E-state index in [0.29, 0.717) is 17.5 Å². The minimum absolute atomic E-state index is 0.0237. The van der Waals surface area contributed by atoms with Crippen molar-refractivity contribution >= 4 is 5.91 Å². The van der Waals surface area contributed by atoms with Gasteiger partial charge in [0.15, 0.2) is 18.1 Å². The largest absolute Gasteiger partial charge is 0.493 e. The molecule has 0 aliphatic heterocycles. The summed E-state index contributed by atoms with van der Waals surface area (Å²) in [6.07, 6.45) is 4.55. The summed E-state index contributed by atoms with van der Waals surface area (Å²) in [6.45, 7) is 0.768. The fourth-order valence-electron chi connectivity index (χ4n) is 2.63. The molecule has 1 aliphatic rings. The molecule has 5 heteroatoms. The van der Waals surface area contributed by atoms with Gasteiger partial charge in [-0.05, 0) is 37.6 Å². The molecule has 1 aromatic carbocycles. The van der Waals surface area contributed by atoms with Crippen LogP contribution in [-0.4, -0.2) is 32.7 Å². The van der Waals surface area contributed by atoms with Crippen LogP contribution in [0.5, 0.6) is 11.5 Å². The molecule has 1 aromatic rings. The van der Waals surface area contributed by atoms with E-state index < -0.39 is 0 Å². The minimum Gasteiger partial charge on any atom is -0.493 e. The number of rotatable bonds is 7. The Labute approximate surface area is 126 Å². The maximum absolute atomic E-state index is 11.9.